The molecule has 0 radical (unpaired) electrons. The maximum absolute atomic E-state index is 11.4. The normalized spacial score (nSPS) is 12.5. The van der Waals surface area contributed by atoms with Gasteiger partial charge in [0.2, 0.25) is 0 Å². The summed E-state index contributed by atoms with van der Waals surface area (Å²) in [5, 5.41) is -0.294. The molecule has 10 heteroatoms. The zero-order valence-corrected chi connectivity index (χ0v) is 12.8. The van der Waals surface area contributed by atoms with Crippen LogP contribution in [0.5, 0.6) is 0 Å². The molecule has 0 fully saturated rings. The van der Waals surface area contributed by atoms with Crippen molar-refractivity contribution in [1.29, 1.82) is 0 Å². The molecule has 8 nitrogen and oxygen atoms in total. The van der Waals surface area contributed by atoms with E-state index in [-0.39, 0.29) is 27.6 Å². The summed E-state index contributed by atoms with van der Waals surface area (Å²) in [5.41, 5.74) is 5.48. The van der Waals surface area contributed by atoms with Crippen molar-refractivity contribution in [2.24, 2.45) is 0 Å². The molecule has 0 unspecified atom stereocenters. The predicted octanol–water partition coefficient (Wildman–Crippen LogP) is 1.04. The summed E-state index contributed by atoms with van der Waals surface area (Å²) in [6, 6.07) is 3.00. The first-order valence-corrected chi connectivity index (χ1v) is 8.62. The zero-order chi connectivity index (χ0) is 16.9. The molecule has 0 aliphatic heterocycles. The van der Waals surface area contributed by atoms with E-state index in [0.29, 0.717) is 6.29 Å². The second kappa shape index (κ2) is 5.02. The number of fused-ring (bicyclic) bond motifs is 1. The molecule has 0 atom stereocenters. The van der Waals surface area contributed by atoms with Crippen LogP contribution in [0.25, 0.3) is 10.8 Å². The first kappa shape index (κ1) is 16.4. The van der Waals surface area contributed by atoms with Crippen molar-refractivity contribution in [2.45, 2.75) is 16.7 Å². The minimum atomic E-state index is -4.71. The predicted molar refractivity (Wildman–Crippen MR) is 78.1 cm³/mol. The average Bonchev–Trinajstić information content (AvgIpc) is 2.36. The van der Waals surface area contributed by atoms with E-state index >= 15 is 0 Å². The molecule has 0 spiro atoms. The van der Waals surface area contributed by atoms with Gasteiger partial charge in [0.1, 0.15) is 4.90 Å². The summed E-state index contributed by atoms with van der Waals surface area (Å²) in [5.74, 6) is 0. The Morgan fingerprint density at radius 3 is 2.05 bits per heavy atom. The molecule has 2 aromatic rings. The van der Waals surface area contributed by atoms with E-state index in [1.54, 1.807) is 0 Å². The Morgan fingerprint density at radius 1 is 1.05 bits per heavy atom. The molecular formula is C12H11NO7S2. The molecule has 0 saturated heterocycles. The van der Waals surface area contributed by atoms with Crippen LogP contribution in [0.4, 0.5) is 5.69 Å². The lowest BCUT2D eigenvalue weighted by atomic mass is 9.99. The van der Waals surface area contributed by atoms with Gasteiger partial charge >= 0.3 is 0 Å². The Hall–Kier alpha value is -2.01. The summed E-state index contributed by atoms with van der Waals surface area (Å²) in [7, 11) is -9.40. The lowest BCUT2D eigenvalue weighted by Crippen LogP contribution is -2.08. The van der Waals surface area contributed by atoms with Crippen LogP contribution in [0, 0.1) is 6.92 Å². The quantitative estimate of drug-likeness (QED) is 0.424. The first-order valence-electron chi connectivity index (χ1n) is 5.74. The van der Waals surface area contributed by atoms with Gasteiger partial charge in [0.15, 0.2) is 6.29 Å². The summed E-state index contributed by atoms with van der Waals surface area (Å²) in [6.45, 7) is 1.27. The molecule has 0 saturated carbocycles. The lowest BCUT2D eigenvalue weighted by Gasteiger charge is -2.13. The molecule has 0 aliphatic carbocycles. The van der Waals surface area contributed by atoms with Crippen molar-refractivity contribution in [1.82, 2.24) is 0 Å². The fourth-order valence-electron chi connectivity index (χ4n) is 2.26. The fourth-order valence-corrected chi connectivity index (χ4v) is 3.70. The van der Waals surface area contributed by atoms with Gasteiger partial charge in [-0.05, 0) is 30.7 Å². The SMILES string of the molecule is Cc1c(S(=O)(=O)O)cc2c(S(=O)(=O)O)ccc(N)c2c1C=O. The first-order chi connectivity index (χ1) is 9.98. The number of aldehydes is 1. The lowest BCUT2D eigenvalue weighted by molar-refractivity contribution is 0.112. The Kier molecular flexibility index (Phi) is 3.73. The third-order valence-electron chi connectivity index (χ3n) is 3.23. The van der Waals surface area contributed by atoms with Gasteiger partial charge in [0.25, 0.3) is 20.2 Å². The van der Waals surface area contributed by atoms with Crippen LogP contribution in [0.3, 0.4) is 0 Å². The van der Waals surface area contributed by atoms with Crippen LogP contribution in [0.2, 0.25) is 0 Å². The van der Waals surface area contributed by atoms with Crippen LogP contribution < -0.4 is 5.73 Å². The van der Waals surface area contributed by atoms with Crippen LogP contribution in [0.1, 0.15) is 15.9 Å². The Bertz CT molecular complexity index is 1010. The number of hydrogen-bond acceptors (Lipinski definition) is 6. The molecule has 0 amide bonds. The number of benzene rings is 2. The number of rotatable bonds is 3. The van der Waals surface area contributed by atoms with Crippen molar-refractivity contribution < 1.29 is 30.7 Å². The number of nitrogen functional groups attached to an aromatic ring is 1. The Balaban J connectivity index is 3.23. The van der Waals surface area contributed by atoms with Crippen LogP contribution >= 0.6 is 0 Å². The van der Waals surface area contributed by atoms with Gasteiger partial charge in [-0.15, -0.1) is 0 Å². The molecule has 0 aromatic heterocycles. The van der Waals surface area contributed by atoms with E-state index in [1.165, 1.54) is 13.0 Å². The van der Waals surface area contributed by atoms with Crippen LogP contribution in [-0.2, 0) is 20.2 Å². The smallest absolute Gasteiger partial charge is 0.295 e. The van der Waals surface area contributed by atoms with Gasteiger partial charge in [0.05, 0.1) is 4.90 Å². The number of carbonyl (C=O) groups excluding carboxylic acids is 1. The monoisotopic (exact) mass is 345 g/mol. The van der Waals surface area contributed by atoms with E-state index in [2.05, 4.69) is 0 Å². The zero-order valence-electron chi connectivity index (χ0n) is 11.1. The summed E-state index contributed by atoms with van der Waals surface area (Å²) >= 11 is 0. The van der Waals surface area contributed by atoms with E-state index < -0.39 is 30.0 Å². The second-order valence-corrected chi connectivity index (χ2v) is 7.34. The van der Waals surface area contributed by atoms with Gasteiger partial charge in [-0.2, -0.15) is 16.8 Å². The number of hydrogen-bond donors (Lipinski definition) is 3. The molecule has 118 valence electrons. The number of anilines is 1. The largest absolute Gasteiger partial charge is 0.398 e. The van der Waals surface area contributed by atoms with Crippen molar-refractivity contribution in [2.75, 3.05) is 5.73 Å². The minimum absolute atomic E-state index is 0.0185. The fraction of sp³-hybridized carbons (Fsp3) is 0.0833. The maximum Gasteiger partial charge on any atom is 0.295 e. The molecule has 4 N–H and O–H groups in total. The molecule has 0 heterocycles. The highest BCUT2D eigenvalue weighted by Gasteiger charge is 2.24. The summed E-state index contributed by atoms with van der Waals surface area (Å²) < 4.78 is 64.1. The summed E-state index contributed by atoms with van der Waals surface area (Å²) in [4.78, 5) is 10.0. The van der Waals surface area contributed by atoms with Gasteiger partial charge in [-0.3, -0.25) is 13.9 Å². The highest BCUT2D eigenvalue weighted by Crippen LogP contribution is 2.35. The van der Waals surface area contributed by atoms with Crippen LogP contribution in [-0.4, -0.2) is 32.2 Å². The van der Waals surface area contributed by atoms with E-state index in [4.69, 9.17) is 5.73 Å². The standard InChI is InChI=1S/C12H11NO7S2/c1-6-8(5-14)12-7(4-11(6)22(18,19)20)10(21(15,16)17)3-2-9(12)13/h2-5H,13H2,1H3,(H,15,16,17)(H,18,19,20). The molecule has 0 bridgehead atoms. The topological polar surface area (TPSA) is 152 Å². The third-order valence-corrected chi connectivity index (χ3v) is 5.12. The van der Waals surface area contributed by atoms with E-state index in [0.717, 1.165) is 12.1 Å². The number of carbonyl (C=O) groups is 1. The molecular weight excluding hydrogens is 334 g/mol. The van der Waals surface area contributed by atoms with Crippen LogP contribution in [0.15, 0.2) is 28.0 Å². The Labute approximate surface area is 126 Å². The highest BCUT2D eigenvalue weighted by molar-refractivity contribution is 7.86. The Morgan fingerprint density at radius 2 is 1.59 bits per heavy atom. The average molecular weight is 345 g/mol. The van der Waals surface area contributed by atoms with Crippen molar-refractivity contribution in [3.63, 3.8) is 0 Å². The number of nitrogens with two attached hydrogens (primary N) is 1. The minimum Gasteiger partial charge on any atom is -0.398 e. The third kappa shape index (κ3) is 2.57. The highest BCUT2D eigenvalue weighted by atomic mass is 32.2. The van der Waals surface area contributed by atoms with Gasteiger partial charge in [0, 0.05) is 22.0 Å². The second-order valence-electron chi connectivity index (χ2n) is 4.56. The molecule has 2 rings (SSSR count). The van der Waals surface area contributed by atoms with Crippen molar-refractivity contribution in [3.05, 3.63) is 29.3 Å². The molecule has 0 aliphatic rings. The van der Waals surface area contributed by atoms with E-state index in [9.17, 15) is 30.7 Å². The van der Waals surface area contributed by atoms with E-state index in [1.807, 2.05) is 0 Å². The maximum atomic E-state index is 11.4. The van der Waals surface area contributed by atoms with Crippen molar-refractivity contribution >= 4 is 43.0 Å². The summed E-state index contributed by atoms with van der Waals surface area (Å²) in [6.07, 6.45) is 0.302. The van der Waals surface area contributed by atoms with Gasteiger partial charge < -0.3 is 5.73 Å². The van der Waals surface area contributed by atoms with Gasteiger partial charge in [-0.1, -0.05) is 0 Å². The van der Waals surface area contributed by atoms with Crippen molar-refractivity contribution in [3.8, 4) is 0 Å². The van der Waals surface area contributed by atoms with Gasteiger partial charge in [-0.25, -0.2) is 0 Å². The molecule has 2 aromatic carbocycles. The molecule has 22 heavy (non-hydrogen) atoms.